The standard InChI is InChI=1S/C8H12F3IO2/c1-6(13)14-5-7(12)3-2-4-8(9,10)11/h7H,2-5H2,1H3. The van der Waals surface area contributed by atoms with E-state index in [9.17, 15) is 18.0 Å². The molecule has 0 saturated heterocycles. The van der Waals surface area contributed by atoms with Gasteiger partial charge in [-0.1, -0.05) is 22.6 Å². The van der Waals surface area contributed by atoms with Crippen molar-refractivity contribution in [2.45, 2.75) is 36.3 Å². The van der Waals surface area contributed by atoms with Gasteiger partial charge in [-0.3, -0.25) is 4.79 Å². The van der Waals surface area contributed by atoms with Crippen molar-refractivity contribution in [2.24, 2.45) is 0 Å². The number of carbonyl (C=O) groups is 1. The molecule has 1 atom stereocenters. The van der Waals surface area contributed by atoms with Crippen molar-refractivity contribution in [3.63, 3.8) is 0 Å². The van der Waals surface area contributed by atoms with E-state index < -0.39 is 18.6 Å². The van der Waals surface area contributed by atoms with Gasteiger partial charge >= 0.3 is 12.1 Å². The highest BCUT2D eigenvalue weighted by Crippen LogP contribution is 2.23. The summed E-state index contributed by atoms with van der Waals surface area (Å²) in [5.74, 6) is -0.400. The SMILES string of the molecule is CC(=O)OCC(I)CCCC(F)(F)F. The van der Waals surface area contributed by atoms with Crippen molar-refractivity contribution >= 4 is 28.6 Å². The van der Waals surface area contributed by atoms with E-state index in [0.29, 0.717) is 6.42 Å². The summed E-state index contributed by atoms with van der Waals surface area (Å²) in [6.07, 6.45) is -4.36. The largest absolute Gasteiger partial charge is 0.465 e. The van der Waals surface area contributed by atoms with Gasteiger partial charge in [0, 0.05) is 17.3 Å². The van der Waals surface area contributed by atoms with Gasteiger partial charge in [-0.25, -0.2) is 0 Å². The monoisotopic (exact) mass is 324 g/mol. The Labute approximate surface area is 94.3 Å². The van der Waals surface area contributed by atoms with Crippen molar-refractivity contribution in [2.75, 3.05) is 6.61 Å². The van der Waals surface area contributed by atoms with Crippen LogP contribution in [-0.4, -0.2) is 22.7 Å². The van der Waals surface area contributed by atoms with Gasteiger partial charge in [0.2, 0.25) is 0 Å². The van der Waals surface area contributed by atoms with Gasteiger partial charge in [0.1, 0.15) is 6.61 Å². The maximum absolute atomic E-state index is 11.7. The topological polar surface area (TPSA) is 26.3 Å². The Morgan fingerprint density at radius 1 is 1.50 bits per heavy atom. The first kappa shape index (κ1) is 14.0. The summed E-state index contributed by atoms with van der Waals surface area (Å²) < 4.78 is 39.8. The molecule has 0 radical (unpaired) electrons. The summed E-state index contributed by atoms with van der Waals surface area (Å²) >= 11 is 1.98. The lowest BCUT2D eigenvalue weighted by molar-refractivity contribution is -0.141. The van der Waals surface area contributed by atoms with Gasteiger partial charge in [0.25, 0.3) is 0 Å². The van der Waals surface area contributed by atoms with Crippen molar-refractivity contribution in [1.82, 2.24) is 0 Å². The number of carbonyl (C=O) groups excluding carboxylic acids is 1. The molecule has 84 valence electrons. The number of rotatable bonds is 5. The van der Waals surface area contributed by atoms with Crippen LogP contribution in [0.5, 0.6) is 0 Å². The van der Waals surface area contributed by atoms with Crippen LogP contribution in [0.4, 0.5) is 13.2 Å². The smallest absolute Gasteiger partial charge is 0.389 e. The second-order valence-corrected chi connectivity index (χ2v) is 4.67. The van der Waals surface area contributed by atoms with E-state index in [0.717, 1.165) is 0 Å². The molecule has 6 heteroatoms. The zero-order chi connectivity index (χ0) is 11.2. The number of halogens is 4. The van der Waals surface area contributed by atoms with Gasteiger partial charge in [0.15, 0.2) is 0 Å². The molecule has 0 heterocycles. The van der Waals surface area contributed by atoms with Crippen LogP contribution in [0.25, 0.3) is 0 Å². The Balaban J connectivity index is 3.45. The lowest BCUT2D eigenvalue weighted by Gasteiger charge is -2.10. The molecular formula is C8H12F3IO2. The highest BCUT2D eigenvalue weighted by Gasteiger charge is 2.26. The van der Waals surface area contributed by atoms with E-state index in [2.05, 4.69) is 4.74 Å². The zero-order valence-corrected chi connectivity index (χ0v) is 9.89. The van der Waals surface area contributed by atoms with Crippen LogP contribution >= 0.6 is 22.6 Å². The average Bonchev–Trinajstić information content (AvgIpc) is 1.98. The molecule has 14 heavy (non-hydrogen) atoms. The summed E-state index contributed by atoms with van der Waals surface area (Å²) in [4.78, 5) is 10.4. The summed E-state index contributed by atoms with van der Waals surface area (Å²) in [5.41, 5.74) is 0. The molecule has 0 aliphatic carbocycles. The van der Waals surface area contributed by atoms with Crippen LogP contribution < -0.4 is 0 Å². The molecular weight excluding hydrogens is 312 g/mol. The molecule has 0 amide bonds. The fraction of sp³-hybridized carbons (Fsp3) is 0.875. The molecule has 0 bridgehead atoms. The minimum absolute atomic E-state index is 0.0427. The van der Waals surface area contributed by atoms with Crippen LogP contribution in [-0.2, 0) is 9.53 Å². The highest BCUT2D eigenvalue weighted by atomic mass is 127. The summed E-state index contributed by atoms with van der Waals surface area (Å²) in [6.45, 7) is 1.47. The normalized spacial score (nSPS) is 13.8. The number of esters is 1. The molecule has 0 fully saturated rings. The van der Waals surface area contributed by atoms with Crippen LogP contribution in [0, 0.1) is 0 Å². The van der Waals surface area contributed by atoms with Crippen LogP contribution in [0.15, 0.2) is 0 Å². The van der Waals surface area contributed by atoms with Crippen LogP contribution in [0.3, 0.4) is 0 Å². The van der Waals surface area contributed by atoms with Gasteiger partial charge < -0.3 is 4.74 Å². The van der Waals surface area contributed by atoms with Gasteiger partial charge in [-0.15, -0.1) is 0 Å². The molecule has 0 spiro atoms. The maximum atomic E-state index is 11.7. The molecule has 1 unspecified atom stereocenters. The Kier molecular flexibility index (Phi) is 6.46. The average molecular weight is 324 g/mol. The molecule has 0 N–H and O–H groups in total. The predicted octanol–water partition coefficient (Wildman–Crippen LogP) is 3.09. The number of ether oxygens (including phenoxy) is 1. The molecule has 0 aliphatic heterocycles. The fourth-order valence-corrected chi connectivity index (χ4v) is 1.44. The van der Waals surface area contributed by atoms with E-state index in [1.807, 2.05) is 22.6 Å². The first-order valence-corrected chi connectivity index (χ1v) is 5.40. The number of hydrogen-bond donors (Lipinski definition) is 0. The third-order valence-corrected chi connectivity index (χ3v) is 2.43. The van der Waals surface area contributed by atoms with E-state index in [1.54, 1.807) is 0 Å². The van der Waals surface area contributed by atoms with Gasteiger partial charge in [-0.2, -0.15) is 13.2 Å². The second-order valence-electron chi connectivity index (χ2n) is 2.91. The molecule has 2 nitrogen and oxygen atoms in total. The second kappa shape index (κ2) is 6.47. The molecule has 0 rings (SSSR count). The predicted molar refractivity (Wildman–Crippen MR) is 54.3 cm³/mol. The van der Waals surface area contributed by atoms with E-state index in [4.69, 9.17) is 0 Å². The van der Waals surface area contributed by atoms with E-state index in [-0.39, 0.29) is 17.0 Å². The van der Waals surface area contributed by atoms with Gasteiger partial charge in [0.05, 0.1) is 0 Å². The number of hydrogen-bond acceptors (Lipinski definition) is 2. The van der Waals surface area contributed by atoms with Crippen molar-refractivity contribution in [1.29, 1.82) is 0 Å². The molecule has 0 aromatic carbocycles. The highest BCUT2D eigenvalue weighted by molar-refractivity contribution is 14.1. The minimum Gasteiger partial charge on any atom is -0.465 e. The van der Waals surface area contributed by atoms with Crippen molar-refractivity contribution in [3.05, 3.63) is 0 Å². The summed E-state index contributed by atoms with van der Waals surface area (Å²) in [6, 6.07) is 0. The maximum Gasteiger partial charge on any atom is 0.389 e. The van der Waals surface area contributed by atoms with Crippen molar-refractivity contribution < 1.29 is 22.7 Å². The van der Waals surface area contributed by atoms with E-state index >= 15 is 0 Å². The molecule has 0 aromatic rings. The molecule has 0 saturated carbocycles. The lowest BCUT2D eigenvalue weighted by atomic mass is 10.2. The summed E-state index contributed by atoms with van der Waals surface area (Å²) in [5, 5.41) is 0. The lowest BCUT2D eigenvalue weighted by Crippen LogP contribution is -2.13. The Morgan fingerprint density at radius 3 is 2.50 bits per heavy atom. The minimum atomic E-state index is -4.09. The third kappa shape index (κ3) is 10.1. The van der Waals surface area contributed by atoms with Crippen molar-refractivity contribution in [3.8, 4) is 0 Å². The van der Waals surface area contributed by atoms with Crippen LogP contribution in [0.1, 0.15) is 26.2 Å². The van der Waals surface area contributed by atoms with E-state index in [1.165, 1.54) is 6.92 Å². The fourth-order valence-electron chi connectivity index (χ4n) is 0.815. The molecule has 0 aromatic heterocycles. The van der Waals surface area contributed by atoms with Gasteiger partial charge in [-0.05, 0) is 12.8 Å². The van der Waals surface area contributed by atoms with Crippen LogP contribution in [0.2, 0.25) is 0 Å². The first-order chi connectivity index (χ1) is 6.31. The molecule has 0 aliphatic rings. The Morgan fingerprint density at radius 2 is 2.07 bits per heavy atom. The third-order valence-electron chi connectivity index (χ3n) is 1.45. The zero-order valence-electron chi connectivity index (χ0n) is 7.73. The Bertz CT molecular complexity index is 182. The number of alkyl halides is 4. The first-order valence-electron chi connectivity index (χ1n) is 4.15. The Hall–Kier alpha value is -0.0100. The summed E-state index contributed by atoms with van der Waals surface area (Å²) in [7, 11) is 0. The quantitative estimate of drug-likeness (QED) is 0.441.